The average molecular weight is 239 g/mol. The number of hydrogen-bond acceptors (Lipinski definition) is 2. The first-order chi connectivity index (χ1) is 7.99. The topological polar surface area (TPSA) is 35.2 Å². The number of halogens is 1. The van der Waals surface area contributed by atoms with Crippen LogP contribution in [0.25, 0.3) is 0 Å². The lowest BCUT2D eigenvalue weighted by molar-refractivity contribution is 0.0430. The Morgan fingerprint density at radius 1 is 1.18 bits per heavy atom. The maximum atomic E-state index is 12.7. The highest BCUT2D eigenvalue weighted by molar-refractivity contribution is 5.19. The van der Waals surface area contributed by atoms with Crippen LogP contribution in [0.1, 0.15) is 38.8 Å². The summed E-state index contributed by atoms with van der Waals surface area (Å²) in [7, 11) is 0. The SMILES string of the molecule is CC(C)CC(C)OCC(N)c1ccc(F)cc1. The molecule has 1 rings (SSSR count). The minimum Gasteiger partial charge on any atom is -0.377 e. The standard InChI is InChI=1S/C14H22FNO/c1-10(2)8-11(3)17-9-14(16)12-4-6-13(15)7-5-12/h4-7,10-11,14H,8-9,16H2,1-3H3. The molecule has 2 atom stereocenters. The molecule has 0 saturated carbocycles. The van der Waals surface area contributed by atoms with Crippen LogP contribution in [0.4, 0.5) is 4.39 Å². The molecule has 1 aromatic rings. The first kappa shape index (κ1) is 14.1. The summed E-state index contributed by atoms with van der Waals surface area (Å²) in [4.78, 5) is 0. The Kier molecular flexibility index (Phi) is 5.59. The third-order valence-electron chi connectivity index (χ3n) is 2.66. The summed E-state index contributed by atoms with van der Waals surface area (Å²) in [5.41, 5.74) is 6.88. The molecule has 1 aromatic carbocycles. The van der Waals surface area contributed by atoms with Crippen LogP contribution in [0, 0.1) is 11.7 Å². The first-order valence-corrected chi connectivity index (χ1v) is 6.11. The molecular formula is C14H22FNO. The normalized spacial score (nSPS) is 14.9. The Bertz CT molecular complexity index is 323. The summed E-state index contributed by atoms with van der Waals surface area (Å²) in [6, 6.07) is 6.07. The zero-order valence-corrected chi connectivity index (χ0v) is 10.8. The van der Waals surface area contributed by atoms with Gasteiger partial charge in [-0.25, -0.2) is 4.39 Å². The van der Waals surface area contributed by atoms with Gasteiger partial charge in [-0.3, -0.25) is 0 Å². The smallest absolute Gasteiger partial charge is 0.123 e. The zero-order chi connectivity index (χ0) is 12.8. The van der Waals surface area contributed by atoms with Gasteiger partial charge >= 0.3 is 0 Å². The van der Waals surface area contributed by atoms with Crippen LogP contribution in [0.5, 0.6) is 0 Å². The Labute approximate surface area is 103 Å². The predicted molar refractivity (Wildman–Crippen MR) is 68.2 cm³/mol. The predicted octanol–water partition coefficient (Wildman–Crippen LogP) is 3.28. The molecule has 0 bridgehead atoms. The Balaban J connectivity index is 2.39. The molecule has 0 aromatic heterocycles. The summed E-state index contributed by atoms with van der Waals surface area (Å²) in [6.45, 7) is 6.86. The highest BCUT2D eigenvalue weighted by atomic mass is 19.1. The van der Waals surface area contributed by atoms with E-state index < -0.39 is 0 Å². The fraction of sp³-hybridized carbons (Fsp3) is 0.571. The van der Waals surface area contributed by atoms with Crippen LogP contribution >= 0.6 is 0 Å². The van der Waals surface area contributed by atoms with E-state index in [-0.39, 0.29) is 18.0 Å². The van der Waals surface area contributed by atoms with Crippen LogP contribution in [0.2, 0.25) is 0 Å². The van der Waals surface area contributed by atoms with Crippen molar-refractivity contribution in [2.24, 2.45) is 11.7 Å². The summed E-state index contributed by atoms with van der Waals surface area (Å²) in [6.07, 6.45) is 1.23. The van der Waals surface area contributed by atoms with E-state index in [1.54, 1.807) is 12.1 Å². The summed E-state index contributed by atoms with van der Waals surface area (Å²) in [5, 5.41) is 0. The second-order valence-corrected chi connectivity index (χ2v) is 4.93. The molecule has 0 aliphatic carbocycles. The monoisotopic (exact) mass is 239 g/mol. The summed E-state index contributed by atoms with van der Waals surface area (Å²) in [5.74, 6) is 0.377. The lowest BCUT2D eigenvalue weighted by Crippen LogP contribution is -2.21. The number of rotatable bonds is 6. The van der Waals surface area contributed by atoms with Gasteiger partial charge in [0.15, 0.2) is 0 Å². The lowest BCUT2D eigenvalue weighted by atomic mass is 10.1. The van der Waals surface area contributed by atoms with Gasteiger partial charge in [0.25, 0.3) is 0 Å². The van der Waals surface area contributed by atoms with E-state index in [2.05, 4.69) is 20.8 Å². The minimum atomic E-state index is -0.241. The van der Waals surface area contributed by atoms with Crippen molar-refractivity contribution in [2.45, 2.75) is 39.3 Å². The van der Waals surface area contributed by atoms with Crippen molar-refractivity contribution < 1.29 is 9.13 Å². The molecule has 0 aliphatic heterocycles. The van der Waals surface area contributed by atoms with E-state index >= 15 is 0 Å². The van der Waals surface area contributed by atoms with Crippen molar-refractivity contribution in [3.05, 3.63) is 35.6 Å². The molecule has 17 heavy (non-hydrogen) atoms. The fourth-order valence-corrected chi connectivity index (χ4v) is 1.81. The fourth-order valence-electron chi connectivity index (χ4n) is 1.81. The molecule has 2 unspecified atom stereocenters. The molecule has 2 nitrogen and oxygen atoms in total. The molecule has 0 saturated heterocycles. The van der Waals surface area contributed by atoms with Gasteiger partial charge in [0.2, 0.25) is 0 Å². The van der Waals surface area contributed by atoms with Gasteiger partial charge in [-0.1, -0.05) is 26.0 Å². The summed E-state index contributed by atoms with van der Waals surface area (Å²) >= 11 is 0. The van der Waals surface area contributed by atoms with Crippen LogP contribution in [0.15, 0.2) is 24.3 Å². The second kappa shape index (κ2) is 6.72. The molecule has 2 N–H and O–H groups in total. The molecule has 0 fully saturated rings. The van der Waals surface area contributed by atoms with Crippen molar-refractivity contribution in [3.63, 3.8) is 0 Å². The summed E-state index contributed by atoms with van der Waals surface area (Å²) < 4.78 is 18.4. The van der Waals surface area contributed by atoms with Gasteiger partial charge in [0.05, 0.1) is 18.8 Å². The molecule has 0 spiro atoms. The highest BCUT2D eigenvalue weighted by Crippen LogP contribution is 2.14. The van der Waals surface area contributed by atoms with Crippen molar-refractivity contribution in [1.29, 1.82) is 0 Å². The van der Waals surface area contributed by atoms with E-state index in [9.17, 15) is 4.39 Å². The number of hydrogen-bond donors (Lipinski definition) is 1. The molecule has 0 heterocycles. The molecule has 3 heteroatoms. The Morgan fingerprint density at radius 2 is 1.76 bits per heavy atom. The molecule has 0 aliphatic rings. The number of benzene rings is 1. The van der Waals surface area contributed by atoms with Crippen LogP contribution in [0.3, 0.4) is 0 Å². The average Bonchev–Trinajstić information content (AvgIpc) is 2.26. The van der Waals surface area contributed by atoms with Gasteiger partial charge in [-0.2, -0.15) is 0 Å². The molecular weight excluding hydrogens is 217 g/mol. The van der Waals surface area contributed by atoms with E-state index in [4.69, 9.17) is 10.5 Å². The number of nitrogens with two attached hydrogens (primary N) is 1. The van der Waals surface area contributed by atoms with Gasteiger partial charge < -0.3 is 10.5 Å². The third-order valence-corrected chi connectivity index (χ3v) is 2.66. The van der Waals surface area contributed by atoms with Gasteiger partial charge in [-0.15, -0.1) is 0 Å². The second-order valence-electron chi connectivity index (χ2n) is 4.93. The van der Waals surface area contributed by atoms with Crippen molar-refractivity contribution in [3.8, 4) is 0 Å². The Hall–Kier alpha value is -0.930. The van der Waals surface area contributed by atoms with Crippen LogP contribution < -0.4 is 5.73 Å². The van der Waals surface area contributed by atoms with Crippen LogP contribution in [-0.4, -0.2) is 12.7 Å². The minimum absolute atomic E-state index is 0.190. The van der Waals surface area contributed by atoms with E-state index in [0.717, 1.165) is 12.0 Å². The molecule has 0 radical (unpaired) electrons. The Morgan fingerprint density at radius 3 is 2.29 bits per heavy atom. The zero-order valence-electron chi connectivity index (χ0n) is 10.8. The lowest BCUT2D eigenvalue weighted by Gasteiger charge is -2.18. The van der Waals surface area contributed by atoms with Gasteiger partial charge in [0.1, 0.15) is 5.82 Å². The van der Waals surface area contributed by atoms with E-state index in [1.807, 2.05) is 0 Å². The first-order valence-electron chi connectivity index (χ1n) is 6.11. The third kappa shape index (κ3) is 5.29. The largest absolute Gasteiger partial charge is 0.377 e. The van der Waals surface area contributed by atoms with E-state index in [0.29, 0.717) is 12.5 Å². The maximum absolute atomic E-state index is 12.7. The van der Waals surface area contributed by atoms with Crippen molar-refractivity contribution in [1.82, 2.24) is 0 Å². The van der Waals surface area contributed by atoms with Gasteiger partial charge in [0, 0.05) is 0 Å². The van der Waals surface area contributed by atoms with Crippen molar-refractivity contribution in [2.75, 3.05) is 6.61 Å². The van der Waals surface area contributed by atoms with E-state index in [1.165, 1.54) is 12.1 Å². The number of ether oxygens (including phenoxy) is 1. The molecule has 0 amide bonds. The van der Waals surface area contributed by atoms with Gasteiger partial charge in [-0.05, 0) is 37.0 Å². The van der Waals surface area contributed by atoms with Crippen LogP contribution in [-0.2, 0) is 4.74 Å². The highest BCUT2D eigenvalue weighted by Gasteiger charge is 2.10. The van der Waals surface area contributed by atoms with Crippen molar-refractivity contribution >= 4 is 0 Å². The molecule has 96 valence electrons. The quantitative estimate of drug-likeness (QED) is 0.826. The maximum Gasteiger partial charge on any atom is 0.123 e.